The van der Waals surface area contributed by atoms with Crippen molar-refractivity contribution in [1.29, 1.82) is 0 Å². The number of nitrogens with zero attached hydrogens (tertiary/aromatic N) is 2. The molecule has 0 amide bonds. The van der Waals surface area contributed by atoms with Crippen molar-refractivity contribution in [1.82, 2.24) is 20.1 Å². The number of nitrogens with one attached hydrogen (secondary N) is 2. The molecule has 2 aromatic carbocycles. The number of carbonyl (C=O) groups is 2. The number of esters is 2. The van der Waals surface area contributed by atoms with Crippen molar-refractivity contribution < 1.29 is 48.2 Å². The highest BCUT2D eigenvalue weighted by molar-refractivity contribution is 7.99. The van der Waals surface area contributed by atoms with Crippen molar-refractivity contribution in [2.24, 2.45) is 0 Å². The lowest BCUT2D eigenvalue weighted by Crippen LogP contribution is -2.70. The average Bonchev–Trinajstić information content (AvgIpc) is 3.82. The molecule has 14 nitrogen and oxygen atoms in total. The fourth-order valence-electron chi connectivity index (χ4n) is 10.8. The molecule has 4 bridgehead atoms. The molecule has 8 aliphatic rings. The molecule has 4 N–H and O–H groups in total. The molecule has 1 spiro atoms. The molecule has 15 heteroatoms. The number of aliphatic hydroxyl groups excluding tert-OH is 1. The highest BCUT2D eigenvalue weighted by Crippen LogP contribution is 2.64. The van der Waals surface area contributed by atoms with Gasteiger partial charge in [0.15, 0.2) is 28.5 Å². The summed E-state index contributed by atoms with van der Waals surface area (Å²) in [5, 5.41) is 27.8. The molecule has 3 aromatic rings. The van der Waals surface area contributed by atoms with Crippen LogP contribution in [0, 0.1) is 13.8 Å². The summed E-state index contributed by atoms with van der Waals surface area (Å²) in [4.78, 5) is 35.7. The van der Waals surface area contributed by atoms with Crippen molar-refractivity contribution in [2.75, 3.05) is 47.0 Å². The molecule has 296 valence electrons. The van der Waals surface area contributed by atoms with Gasteiger partial charge in [0.05, 0.1) is 49.0 Å². The number of aromatic hydroxyl groups is 1. The molecule has 2 saturated heterocycles. The average molecular weight is 787 g/mol. The number of allylic oxidation sites excluding steroid dienone is 1. The number of fused-ring (bicyclic) bond motifs is 11. The molecule has 1 aromatic heterocycles. The summed E-state index contributed by atoms with van der Waals surface area (Å²) in [6, 6.07) is -0.0378. The lowest BCUT2D eigenvalue weighted by atomic mass is 9.73. The number of rotatable bonds is 3. The van der Waals surface area contributed by atoms with Gasteiger partial charge in [0.2, 0.25) is 6.79 Å². The SMILES string of the molecule is COC1=Cc2c([nH]c3c2CCN[C@]32CS[C@@H]3c4c(OC(C)=O)c(C)c5c(c4[C@H](COC2=O)N2C3[C@H]3c4c(cc(C)c(OC)c4O)C[C@H]([C@@H]2O)N3C)OCO5)CC1. The predicted octanol–water partition coefficient (Wildman–Crippen LogP) is 3.96. The van der Waals surface area contributed by atoms with E-state index in [0.717, 1.165) is 69.8 Å². The first kappa shape index (κ1) is 36.0. The van der Waals surface area contributed by atoms with Gasteiger partial charge in [-0.1, -0.05) is 6.07 Å². The Hall–Kier alpha value is -4.41. The Bertz CT molecular complexity index is 2250. The molecule has 2 fully saturated rings. The van der Waals surface area contributed by atoms with E-state index >= 15 is 0 Å². The Morgan fingerprint density at radius 2 is 1.86 bits per heavy atom. The van der Waals surface area contributed by atoms with Crippen molar-refractivity contribution in [2.45, 2.75) is 87.6 Å². The minimum absolute atomic E-state index is 0.0383. The van der Waals surface area contributed by atoms with E-state index in [9.17, 15) is 19.8 Å². The number of likely N-dealkylation sites (N-methyl/N-ethyl adjacent to an activating group) is 1. The standard InChI is InChI=1S/C41H46N4O10S/c1-17-11-20-12-25-39(48)45-26-14-52-40(49)41(38-22(9-10-42-41)23-13-21(50-5)7-8-24(23)43-38)15-56-37(31(45)30(44(25)4)27(20)32(47)33(17)51-6)29-28(26)36-35(53-16-54-36)18(2)34(29)55-19(3)46/h11,13,25-26,30-31,37,39,42-43,47-48H,7-10,12,14-16H2,1-6H3/t25-,26+,30-,31?,37-,39+,41-/m1/s1. The number of benzene rings is 2. The van der Waals surface area contributed by atoms with Gasteiger partial charge in [-0.2, -0.15) is 0 Å². The van der Waals surface area contributed by atoms with Crippen LogP contribution in [0.1, 0.15) is 86.6 Å². The van der Waals surface area contributed by atoms with Crippen LogP contribution in [0.25, 0.3) is 6.08 Å². The van der Waals surface area contributed by atoms with Gasteiger partial charge in [-0.25, -0.2) is 4.79 Å². The number of aliphatic hydroxyl groups is 1. The maximum atomic E-state index is 14.9. The largest absolute Gasteiger partial charge is 0.504 e. The van der Waals surface area contributed by atoms with E-state index in [1.54, 1.807) is 26.0 Å². The first-order valence-electron chi connectivity index (χ1n) is 19.2. The second-order valence-electron chi connectivity index (χ2n) is 15.9. The third-order valence-electron chi connectivity index (χ3n) is 13.2. The number of piperazine rings is 1. The maximum absolute atomic E-state index is 14.9. The van der Waals surface area contributed by atoms with E-state index in [0.29, 0.717) is 47.1 Å². The summed E-state index contributed by atoms with van der Waals surface area (Å²) in [6.07, 6.45) is 3.77. The van der Waals surface area contributed by atoms with Crippen molar-refractivity contribution >= 4 is 29.8 Å². The van der Waals surface area contributed by atoms with Gasteiger partial charge in [0.25, 0.3) is 0 Å². The number of hydrogen-bond acceptors (Lipinski definition) is 14. The molecule has 7 atom stereocenters. The van der Waals surface area contributed by atoms with Crippen LogP contribution in [0.4, 0.5) is 0 Å². The van der Waals surface area contributed by atoms with Gasteiger partial charge in [-0.15, -0.1) is 11.8 Å². The fraction of sp³-hybridized carbons (Fsp3) is 0.512. The monoisotopic (exact) mass is 786 g/mol. The third kappa shape index (κ3) is 4.77. The summed E-state index contributed by atoms with van der Waals surface area (Å²) in [5.41, 5.74) is 7.22. The van der Waals surface area contributed by atoms with Gasteiger partial charge in [-0.05, 0) is 62.9 Å². The quantitative estimate of drug-likeness (QED) is 0.223. The number of phenols is 1. The molecular formula is C41H46N4O10S. The maximum Gasteiger partial charge on any atom is 0.333 e. The number of aromatic nitrogens is 1. The molecule has 11 rings (SSSR count). The van der Waals surface area contributed by atoms with E-state index in [1.807, 2.05) is 25.8 Å². The molecular weight excluding hydrogens is 741 g/mol. The molecule has 1 aliphatic carbocycles. The van der Waals surface area contributed by atoms with Crippen LogP contribution in [0.15, 0.2) is 11.8 Å². The number of methoxy groups -OCH3 is 2. The van der Waals surface area contributed by atoms with Crippen LogP contribution in [0.5, 0.6) is 28.7 Å². The first-order valence-corrected chi connectivity index (χ1v) is 20.3. The zero-order chi connectivity index (χ0) is 38.9. The van der Waals surface area contributed by atoms with Gasteiger partial charge < -0.3 is 43.6 Å². The van der Waals surface area contributed by atoms with E-state index in [4.69, 9.17) is 28.4 Å². The summed E-state index contributed by atoms with van der Waals surface area (Å²) < 4.78 is 36.4. The molecule has 56 heavy (non-hydrogen) atoms. The van der Waals surface area contributed by atoms with Crippen LogP contribution >= 0.6 is 11.8 Å². The Morgan fingerprint density at radius 1 is 1.05 bits per heavy atom. The number of H-pyrrole nitrogens is 1. The topological polar surface area (TPSA) is 164 Å². The Balaban J connectivity index is 1.22. The highest BCUT2D eigenvalue weighted by atomic mass is 32.2. The number of thioether (sulfide) groups is 1. The van der Waals surface area contributed by atoms with Crippen molar-refractivity contribution in [3.05, 3.63) is 67.7 Å². The van der Waals surface area contributed by atoms with E-state index < -0.39 is 47.1 Å². The van der Waals surface area contributed by atoms with Crippen molar-refractivity contribution in [3.63, 3.8) is 0 Å². The lowest BCUT2D eigenvalue weighted by Gasteiger charge is -2.62. The van der Waals surface area contributed by atoms with Crippen LogP contribution < -0.4 is 24.3 Å². The zero-order valence-electron chi connectivity index (χ0n) is 32.2. The molecule has 8 heterocycles. The minimum Gasteiger partial charge on any atom is -0.504 e. The number of aromatic amines is 1. The van der Waals surface area contributed by atoms with Crippen molar-refractivity contribution in [3.8, 4) is 28.7 Å². The smallest absolute Gasteiger partial charge is 0.333 e. The van der Waals surface area contributed by atoms with Crippen LogP contribution in [-0.4, -0.2) is 102 Å². The Labute approximate surface area is 328 Å². The van der Waals surface area contributed by atoms with Gasteiger partial charge >= 0.3 is 11.9 Å². The molecule has 0 radical (unpaired) electrons. The highest BCUT2D eigenvalue weighted by Gasteiger charge is 2.61. The minimum atomic E-state index is -1.25. The van der Waals surface area contributed by atoms with E-state index in [1.165, 1.54) is 6.92 Å². The summed E-state index contributed by atoms with van der Waals surface area (Å²) in [7, 11) is 5.23. The zero-order valence-corrected chi connectivity index (χ0v) is 33.1. The third-order valence-corrected chi connectivity index (χ3v) is 14.7. The second kappa shape index (κ2) is 12.8. The van der Waals surface area contributed by atoms with Gasteiger partial charge in [0, 0.05) is 65.2 Å². The van der Waals surface area contributed by atoms with Crippen LogP contribution in [0.2, 0.25) is 0 Å². The van der Waals surface area contributed by atoms with E-state index in [2.05, 4.69) is 27.3 Å². The number of carbonyl (C=O) groups excluding carboxylic acids is 2. The van der Waals surface area contributed by atoms with Gasteiger partial charge in [-0.3, -0.25) is 19.9 Å². The predicted molar refractivity (Wildman–Crippen MR) is 204 cm³/mol. The molecule has 7 aliphatic heterocycles. The summed E-state index contributed by atoms with van der Waals surface area (Å²) in [5.74, 6) is 2.00. The normalized spacial score (nSPS) is 30.0. The summed E-state index contributed by atoms with van der Waals surface area (Å²) in [6.45, 7) is 5.52. The second-order valence-corrected chi connectivity index (χ2v) is 17.1. The Morgan fingerprint density at radius 3 is 2.62 bits per heavy atom. The number of ether oxygens (including phenoxy) is 6. The number of aryl methyl sites for hydroxylation is 2. The molecule has 0 saturated carbocycles. The summed E-state index contributed by atoms with van der Waals surface area (Å²) >= 11 is 1.54. The lowest BCUT2D eigenvalue weighted by molar-refractivity contribution is -0.186. The van der Waals surface area contributed by atoms with Gasteiger partial charge in [0.1, 0.15) is 18.6 Å². The Kier molecular flexibility index (Phi) is 8.22. The first-order chi connectivity index (χ1) is 27.0. The fourth-order valence-corrected chi connectivity index (χ4v) is 12.5. The van der Waals surface area contributed by atoms with E-state index in [-0.39, 0.29) is 30.9 Å². The molecule has 1 unspecified atom stereocenters. The number of hydrogen-bond donors (Lipinski definition) is 4. The van der Waals surface area contributed by atoms with Crippen LogP contribution in [0.3, 0.4) is 0 Å². The van der Waals surface area contributed by atoms with Crippen LogP contribution in [-0.2, 0) is 43.9 Å². The number of phenolic OH excluding ortho intramolecular Hbond substituents is 1.